The summed E-state index contributed by atoms with van der Waals surface area (Å²) in [6.45, 7) is 1.75. The summed E-state index contributed by atoms with van der Waals surface area (Å²) in [6.07, 6.45) is -1.78. The van der Waals surface area contributed by atoms with Crippen LogP contribution in [0.4, 0.5) is 19.0 Å². The number of halogens is 3. The molecule has 128 valence electrons. The molecule has 8 nitrogen and oxygen atoms in total. The van der Waals surface area contributed by atoms with Crippen molar-refractivity contribution in [2.45, 2.75) is 19.1 Å². The van der Waals surface area contributed by atoms with E-state index in [4.69, 9.17) is 4.74 Å². The smallest absolute Gasteiger partial charge is 0.433 e. The Morgan fingerprint density at radius 3 is 2.75 bits per heavy atom. The van der Waals surface area contributed by atoms with Gasteiger partial charge in [0.2, 0.25) is 0 Å². The van der Waals surface area contributed by atoms with Gasteiger partial charge in [-0.05, 0) is 6.92 Å². The van der Waals surface area contributed by atoms with Gasteiger partial charge in [-0.1, -0.05) is 0 Å². The summed E-state index contributed by atoms with van der Waals surface area (Å²) in [4.78, 5) is 7.19. The molecule has 0 amide bonds. The highest BCUT2D eigenvalue weighted by molar-refractivity contribution is 5.47. The fraction of sp³-hybridized carbons (Fsp3) is 0.385. The van der Waals surface area contributed by atoms with E-state index in [1.54, 1.807) is 24.9 Å². The van der Waals surface area contributed by atoms with Crippen LogP contribution in [0.1, 0.15) is 24.4 Å². The summed E-state index contributed by atoms with van der Waals surface area (Å²) < 4.78 is 47.0. The van der Waals surface area contributed by atoms with E-state index in [1.165, 1.54) is 11.6 Å². The van der Waals surface area contributed by atoms with Crippen molar-refractivity contribution in [3.05, 3.63) is 30.0 Å². The van der Waals surface area contributed by atoms with Crippen molar-refractivity contribution in [2.75, 3.05) is 12.4 Å². The Labute approximate surface area is 134 Å². The normalized spacial score (nSPS) is 13.2. The Kier molecular flexibility index (Phi) is 3.78. The van der Waals surface area contributed by atoms with Gasteiger partial charge >= 0.3 is 6.18 Å². The standard InChI is InChI=1S/C13H14F3N7O/c1-7(11-8(24-3)5-22(2)21-11)19-10-4-9(13(14,15)16)20-12-17-6-18-23(10)12/h4-7,19H,1-3H3. The SMILES string of the molecule is COc1cn(C)nc1C(C)Nc1cc(C(F)(F)F)nc2ncnn12. The van der Waals surface area contributed by atoms with Crippen molar-refractivity contribution in [1.29, 1.82) is 0 Å². The van der Waals surface area contributed by atoms with Gasteiger partial charge in [0, 0.05) is 13.1 Å². The average molecular weight is 341 g/mol. The van der Waals surface area contributed by atoms with Crippen molar-refractivity contribution < 1.29 is 17.9 Å². The molecule has 0 aliphatic carbocycles. The number of nitrogens with zero attached hydrogens (tertiary/aromatic N) is 6. The molecule has 3 aromatic rings. The van der Waals surface area contributed by atoms with E-state index in [0.29, 0.717) is 11.4 Å². The summed E-state index contributed by atoms with van der Waals surface area (Å²) in [5.74, 6) is 0.481. The second-order valence-electron chi connectivity index (χ2n) is 5.12. The second-order valence-corrected chi connectivity index (χ2v) is 5.12. The van der Waals surface area contributed by atoms with E-state index in [0.717, 1.165) is 12.4 Å². The third-order valence-corrected chi connectivity index (χ3v) is 3.36. The number of fused-ring (bicyclic) bond motifs is 1. The van der Waals surface area contributed by atoms with E-state index in [2.05, 4.69) is 25.5 Å². The largest absolute Gasteiger partial charge is 0.493 e. The quantitative estimate of drug-likeness (QED) is 0.782. The number of nitrogens with one attached hydrogen (secondary N) is 1. The highest BCUT2D eigenvalue weighted by Gasteiger charge is 2.34. The zero-order chi connectivity index (χ0) is 17.5. The molecule has 0 aliphatic heterocycles. The minimum absolute atomic E-state index is 0.102. The maximum absolute atomic E-state index is 13.0. The van der Waals surface area contributed by atoms with Gasteiger partial charge in [0.05, 0.1) is 19.3 Å². The summed E-state index contributed by atoms with van der Waals surface area (Å²) in [7, 11) is 3.22. The van der Waals surface area contributed by atoms with Crippen LogP contribution < -0.4 is 10.1 Å². The number of aromatic nitrogens is 6. The summed E-state index contributed by atoms with van der Waals surface area (Å²) >= 11 is 0. The molecule has 0 saturated carbocycles. The number of anilines is 1. The molecule has 0 fully saturated rings. The van der Waals surface area contributed by atoms with Gasteiger partial charge in [0.25, 0.3) is 5.78 Å². The molecule has 3 aromatic heterocycles. The molecule has 1 atom stereocenters. The number of hydrogen-bond acceptors (Lipinski definition) is 6. The van der Waals surface area contributed by atoms with Crippen LogP contribution in [0, 0.1) is 0 Å². The molecule has 3 rings (SSSR count). The lowest BCUT2D eigenvalue weighted by molar-refractivity contribution is -0.141. The van der Waals surface area contributed by atoms with Crippen molar-refractivity contribution in [3.8, 4) is 5.75 Å². The number of methoxy groups -OCH3 is 1. The van der Waals surface area contributed by atoms with Crippen LogP contribution in [0.3, 0.4) is 0 Å². The van der Waals surface area contributed by atoms with E-state index in [-0.39, 0.29) is 11.6 Å². The molecule has 0 bridgehead atoms. The molecule has 3 heterocycles. The van der Waals surface area contributed by atoms with Crippen molar-refractivity contribution >= 4 is 11.6 Å². The van der Waals surface area contributed by atoms with E-state index in [9.17, 15) is 13.2 Å². The summed E-state index contributed by atoms with van der Waals surface area (Å²) in [5, 5.41) is 11.1. The molecule has 1 N–H and O–H groups in total. The lowest BCUT2D eigenvalue weighted by atomic mass is 10.2. The molecule has 0 saturated heterocycles. The molecular formula is C13H14F3N7O. The van der Waals surface area contributed by atoms with Crippen LogP contribution in [0.5, 0.6) is 5.75 Å². The molecule has 0 spiro atoms. The first kappa shape index (κ1) is 16.0. The number of alkyl halides is 3. The Morgan fingerprint density at radius 1 is 1.33 bits per heavy atom. The first-order chi connectivity index (χ1) is 11.3. The van der Waals surface area contributed by atoms with Gasteiger partial charge in [-0.3, -0.25) is 4.68 Å². The molecular weight excluding hydrogens is 327 g/mol. The summed E-state index contributed by atoms with van der Waals surface area (Å²) in [6, 6.07) is 0.449. The maximum atomic E-state index is 13.0. The molecule has 24 heavy (non-hydrogen) atoms. The Balaban J connectivity index is 2.01. The molecule has 0 aromatic carbocycles. The van der Waals surface area contributed by atoms with E-state index >= 15 is 0 Å². The van der Waals surface area contributed by atoms with Crippen molar-refractivity contribution in [3.63, 3.8) is 0 Å². The number of aryl methyl sites for hydroxylation is 1. The number of hydrogen-bond donors (Lipinski definition) is 1. The first-order valence-electron chi connectivity index (χ1n) is 6.91. The highest BCUT2D eigenvalue weighted by atomic mass is 19.4. The molecule has 0 aliphatic rings. The highest BCUT2D eigenvalue weighted by Crippen LogP contribution is 2.31. The fourth-order valence-electron chi connectivity index (χ4n) is 2.29. The van der Waals surface area contributed by atoms with Gasteiger partial charge in [0.15, 0.2) is 11.4 Å². The van der Waals surface area contributed by atoms with Crippen LogP contribution >= 0.6 is 0 Å². The topological polar surface area (TPSA) is 82.2 Å². The minimum Gasteiger partial charge on any atom is -0.493 e. The Hall–Kier alpha value is -2.85. The van der Waals surface area contributed by atoms with Crippen LogP contribution in [0.15, 0.2) is 18.6 Å². The second kappa shape index (κ2) is 5.65. The third kappa shape index (κ3) is 2.84. The zero-order valence-corrected chi connectivity index (χ0v) is 13.0. The van der Waals surface area contributed by atoms with Gasteiger partial charge in [-0.2, -0.15) is 32.9 Å². The van der Waals surface area contributed by atoms with Gasteiger partial charge in [0.1, 0.15) is 17.8 Å². The number of ether oxygens (including phenoxy) is 1. The van der Waals surface area contributed by atoms with Crippen LogP contribution in [-0.2, 0) is 13.2 Å². The minimum atomic E-state index is -4.59. The maximum Gasteiger partial charge on any atom is 0.433 e. The Morgan fingerprint density at radius 2 is 2.08 bits per heavy atom. The first-order valence-corrected chi connectivity index (χ1v) is 6.91. The van der Waals surface area contributed by atoms with Crippen molar-refractivity contribution in [1.82, 2.24) is 29.4 Å². The van der Waals surface area contributed by atoms with E-state index < -0.39 is 17.9 Å². The lowest BCUT2D eigenvalue weighted by Gasteiger charge is -2.16. The molecule has 1 unspecified atom stereocenters. The van der Waals surface area contributed by atoms with Crippen LogP contribution in [-0.4, -0.2) is 36.5 Å². The number of rotatable bonds is 4. The summed E-state index contributed by atoms with van der Waals surface area (Å²) in [5.41, 5.74) is -0.496. The van der Waals surface area contributed by atoms with Gasteiger partial charge < -0.3 is 10.1 Å². The van der Waals surface area contributed by atoms with Crippen LogP contribution in [0.2, 0.25) is 0 Å². The van der Waals surface area contributed by atoms with E-state index in [1.807, 2.05) is 0 Å². The van der Waals surface area contributed by atoms with Crippen LogP contribution in [0.25, 0.3) is 5.78 Å². The van der Waals surface area contributed by atoms with Gasteiger partial charge in [-0.15, -0.1) is 0 Å². The Bertz CT molecular complexity index is 870. The van der Waals surface area contributed by atoms with Gasteiger partial charge in [-0.25, -0.2) is 4.98 Å². The monoisotopic (exact) mass is 341 g/mol. The average Bonchev–Trinajstić information content (AvgIpc) is 3.12. The molecule has 11 heteroatoms. The molecule has 0 radical (unpaired) electrons. The predicted molar refractivity (Wildman–Crippen MR) is 77.6 cm³/mol. The third-order valence-electron chi connectivity index (χ3n) is 3.36. The lowest BCUT2D eigenvalue weighted by Crippen LogP contribution is -2.16. The zero-order valence-electron chi connectivity index (χ0n) is 13.0. The fourth-order valence-corrected chi connectivity index (χ4v) is 2.29. The van der Waals surface area contributed by atoms with Crippen molar-refractivity contribution in [2.24, 2.45) is 7.05 Å². The predicted octanol–water partition coefficient (Wildman–Crippen LogP) is 2.06.